The van der Waals surface area contributed by atoms with Crippen molar-refractivity contribution in [2.75, 3.05) is 11.9 Å². The number of halogens is 1. The fraction of sp³-hybridized carbons (Fsp3) is 0.500. The Bertz CT molecular complexity index is 413. The van der Waals surface area contributed by atoms with Gasteiger partial charge in [-0.15, -0.1) is 0 Å². The Hall–Kier alpha value is -1.65. The molecule has 1 rings (SSSR count). The second-order valence-corrected chi connectivity index (χ2v) is 4.76. The van der Waals surface area contributed by atoms with Crippen LogP contribution in [0, 0.1) is 5.82 Å². The number of rotatable bonds is 3. The summed E-state index contributed by atoms with van der Waals surface area (Å²) in [6.07, 6.45) is 1.42. The minimum Gasteiger partial charge on any atom is -0.368 e. The van der Waals surface area contributed by atoms with Crippen molar-refractivity contribution in [2.45, 2.75) is 33.2 Å². The van der Waals surface area contributed by atoms with E-state index in [1.165, 1.54) is 12.3 Å². The zero-order chi connectivity index (χ0) is 13.1. The predicted molar refractivity (Wildman–Crippen MR) is 65.6 cm³/mol. The number of hydrogen-bond donors (Lipinski definition) is 2. The van der Waals surface area contributed by atoms with E-state index in [-0.39, 0.29) is 11.4 Å². The van der Waals surface area contributed by atoms with Crippen LogP contribution < -0.4 is 10.6 Å². The van der Waals surface area contributed by atoms with E-state index in [4.69, 9.17) is 0 Å². The molecule has 1 amide bonds. The number of carbonyl (C=O) groups is 1. The molecule has 0 atom stereocenters. The van der Waals surface area contributed by atoms with Crippen molar-refractivity contribution in [3.05, 3.63) is 23.6 Å². The quantitative estimate of drug-likeness (QED) is 0.850. The third-order valence-electron chi connectivity index (χ3n) is 1.97. The van der Waals surface area contributed by atoms with Crippen LogP contribution in [0.1, 0.15) is 38.1 Å². The lowest BCUT2D eigenvalue weighted by atomic mass is 10.1. The van der Waals surface area contributed by atoms with Gasteiger partial charge in [-0.25, -0.2) is 9.37 Å². The summed E-state index contributed by atoms with van der Waals surface area (Å²) >= 11 is 0. The zero-order valence-electron chi connectivity index (χ0n) is 10.6. The molecule has 0 saturated heterocycles. The summed E-state index contributed by atoms with van der Waals surface area (Å²) in [4.78, 5) is 15.7. The topological polar surface area (TPSA) is 54.0 Å². The molecule has 0 radical (unpaired) electrons. The van der Waals surface area contributed by atoms with Crippen LogP contribution in [0.4, 0.5) is 10.2 Å². The van der Waals surface area contributed by atoms with E-state index in [9.17, 15) is 9.18 Å². The SMILES string of the molecule is CCNc1nccc(C(=O)NC(C)(C)C)c1F. The largest absolute Gasteiger partial charge is 0.368 e. The summed E-state index contributed by atoms with van der Waals surface area (Å²) in [5, 5.41) is 5.48. The van der Waals surface area contributed by atoms with Crippen LogP contribution in [0.25, 0.3) is 0 Å². The van der Waals surface area contributed by atoms with Crippen LogP contribution in [0.5, 0.6) is 0 Å². The average molecular weight is 239 g/mol. The van der Waals surface area contributed by atoms with E-state index in [0.29, 0.717) is 6.54 Å². The number of nitrogens with one attached hydrogen (secondary N) is 2. The number of hydrogen-bond acceptors (Lipinski definition) is 3. The summed E-state index contributed by atoms with van der Waals surface area (Å²) in [6, 6.07) is 1.37. The van der Waals surface area contributed by atoms with Crippen LogP contribution in [-0.4, -0.2) is 23.0 Å². The molecule has 5 heteroatoms. The molecule has 1 heterocycles. The lowest BCUT2D eigenvalue weighted by Crippen LogP contribution is -2.41. The molecule has 0 bridgehead atoms. The van der Waals surface area contributed by atoms with Crippen molar-refractivity contribution < 1.29 is 9.18 Å². The van der Waals surface area contributed by atoms with Crippen molar-refractivity contribution in [2.24, 2.45) is 0 Å². The Balaban J connectivity index is 2.98. The molecule has 4 nitrogen and oxygen atoms in total. The molecule has 0 aromatic carbocycles. The van der Waals surface area contributed by atoms with Gasteiger partial charge in [-0.05, 0) is 33.8 Å². The van der Waals surface area contributed by atoms with Crippen molar-refractivity contribution in [1.82, 2.24) is 10.3 Å². The molecular weight excluding hydrogens is 221 g/mol. The number of carbonyl (C=O) groups excluding carboxylic acids is 1. The summed E-state index contributed by atoms with van der Waals surface area (Å²) < 4.78 is 13.9. The minimum atomic E-state index is -0.615. The molecule has 0 aliphatic carbocycles. The molecule has 94 valence electrons. The Morgan fingerprint density at radius 3 is 2.65 bits per heavy atom. The van der Waals surface area contributed by atoms with Gasteiger partial charge in [0, 0.05) is 18.3 Å². The number of aromatic nitrogens is 1. The van der Waals surface area contributed by atoms with E-state index in [1.807, 2.05) is 27.7 Å². The maximum absolute atomic E-state index is 13.9. The molecular formula is C12H18FN3O. The Labute approximate surface area is 101 Å². The van der Waals surface area contributed by atoms with Gasteiger partial charge in [0.15, 0.2) is 11.6 Å². The van der Waals surface area contributed by atoms with Gasteiger partial charge in [-0.1, -0.05) is 0 Å². The highest BCUT2D eigenvalue weighted by Gasteiger charge is 2.20. The first-order chi connectivity index (χ1) is 7.85. The second kappa shape index (κ2) is 5.12. The third kappa shape index (κ3) is 3.69. The van der Waals surface area contributed by atoms with Gasteiger partial charge < -0.3 is 10.6 Å². The molecule has 0 aliphatic heterocycles. The van der Waals surface area contributed by atoms with Crippen LogP contribution in [0.15, 0.2) is 12.3 Å². The maximum Gasteiger partial charge on any atom is 0.254 e. The molecule has 0 aliphatic rings. The molecule has 1 aromatic heterocycles. The number of nitrogens with zero attached hydrogens (tertiary/aromatic N) is 1. The van der Waals surface area contributed by atoms with Crippen LogP contribution in [0.2, 0.25) is 0 Å². The molecule has 17 heavy (non-hydrogen) atoms. The highest BCUT2D eigenvalue weighted by molar-refractivity contribution is 5.95. The van der Waals surface area contributed by atoms with Crippen LogP contribution in [0.3, 0.4) is 0 Å². The monoisotopic (exact) mass is 239 g/mol. The highest BCUT2D eigenvalue weighted by Crippen LogP contribution is 2.15. The molecule has 1 aromatic rings. The van der Waals surface area contributed by atoms with Gasteiger partial charge in [-0.2, -0.15) is 0 Å². The maximum atomic E-state index is 13.9. The first-order valence-electron chi connectivity index (χ1n) is 5.56. The fourth-order valence-electron chi connectivity index (χ4n) is 1.32. The zero-order valence-corrected chi connectivity index (χ0v) is 10.6. The van der Waals surface area contributed by atoms with Crippen LogP contribution >= 0.6 is 0 Å². The fourth-order valence-corrected chi connectivity index (χ4v) is 1.32. The summed E-state index contributed by atoms with van der Waals surface area (Å²) in [7, 11) is 0. The summed E-state index contributed by atoms with van der Waals surface area (Å²) in [6.45, 7) is 7.91. The van der Waals surface area contributed by atoms with Gasteiger partial charge >= 0.3 is 0 Å². The van der Waals surface area contributed by atoms with Crippen molar-refractivity contribution >= 4 is 11.7 Å². The molecule has 0 fully saturated rings. The average Bonchev–Trinajstić information content (AvgIpc) is 2.18. The standard InChI is InChI=1S/C12H18FN3O/c1-5-14-10-9(13)8(6-7-15-10)11(17)16-12(2,3)4/h6-7H,5H2,1-4H3,(H,14,15)(H,16,17). The molecule has 0 saturated carbocycles. The van der Waals surface area contributed by atoms with Crippen molar-refractivity contribution in [3.63, 3.8) is 0 Å². The lowest BCUT2D eigenvalue weighted by molar-refractivity contribution is 0.0915. The second-order valence-electron chi connectivity index (χ2n) is 4.76. The van der Waals surface area contributed by atoms with Gasteiger partial charge in [0.2, 0.25) is 0 Å². The lowest BCUT2D eigenvalue weighted by Gasteiger charge is -2.20. The smallest absolute Gasteiger partial charge is 0.254 e. The van der Waals surface area contributed by atoms with Crippen molar-refractivity contribution in [1.29, 1.82) is 0 Å². The molecule has 2 N–H and O–H groups in total. The summed E-state index contributed by atoms with van der Waals surface area (Å²) in [5.41, 5.74) is -0.392. The molecule has 0 spiro atoms. The van der Waals surface area contributed by atoms with Crippen molar-refractivity contribution in [3.8, 4) is 0 Å². The third-order valence-corrected chi connectivity index (χ3v) is 1.97. The Kier molecular flexibility index (Phi) is 4.04. The van der Waals surface area contributed by atoms with E-state index < -0.39 is 17.3 Å². The number of amides is 1. The normalized spacial score (nSPS) is 11.1. The van der Waals surface area contributed by atoms with E-state index >= 15 is 0 Å². The minimum absolute atomic E-state index is 0.00544. The number of anilines is 1. The van der Waals surface area contributed by atoms with E-state index in [2.05, 4.69) is 15.6 Å². The first kappa shape index (κ1) is 13.4. The summed E-state index contributed by atoms with van der Waals surface area (Å²) in [5.74, 6) is -0.943. The van der Waals surface area contributed by atoms with Gasteiger partial charge in [0.1, 0.15) is 0 Å². The Morgan fingerprint density at radius 1 is 1.47 bits per heavy atom. The first-order valence-corrected chi connectivity index (χ1v) is 5.56. The van der Waals surface area contributed by atoms with Gasteiger partial charge in [-0.3, -0.25) is 4.79 Å². The van der Waals surface area contributed by atoms with Gasteiger partial charge in [0.25, 0.3) is 5.91 Å². The highest BCUT2D eigenvalue weighted by atomic mass is 19.1. The van der Waals surface area contributed by atoms with E-state index in [1.54, 1.807) is 0 Å². The molecule has 0 unspecified atom stereocenters. The van der Waals surface area contributed by atoms with Gasteiger partial charge in [0.05, 0.1) is 5.56 Å². The van der Waals surface area contributed by atoms with Crippen LogP contribution in [-0.2, 0) is 0 Å². The number of pyridine rings is 1. The van der Waals surface area contributed by atoms with E-state index in [0.717, 1.165) is 0 Å². The Morgan fingerprint density at radius 2 is 2.12 bits per heavy atom. The predicted octanol–water partition coefficient (Wildman–Crippen LogP) is 2.18.